The van der Waals surface area contributed by atoms with Gasteiger partial charge in [-0.05, 0) is 37.5 Å². The van der Waals surface area contributed by atoms with E-state index in [0.717, 1.165) is 32.1 Å². The lowest BCUT2D eigenvalue weighted by Crippen LogP contribution is -2.53. The summed E-state index contributed by atoms with van der Waals surface area (Å²) in [4.78, 5) is 21.5. The lowest BCUT2D eigenvalue weighted by atomic mass is 9.96. The fourth-order valence-corrected chi connectivity index (χ4v) is 3.81. The number of hydrogen-bond acceptors (Lipinski definition) is 3. The summed E-state index contributed by atoms with van der Waals surface area (Å²) in [5.41, 5.74) is 1.60. The molecule has 0 radical (unpaired) electrons. The summed E-state index contributed by atoms with van der Waals surface area (Å²) in [5, 5.41) is 3.43. The van der Waals surface area contributed by atoms with Crippen molar-refractivity contribution in [2.45, 2.75) is 25.2 Å². The van der Waals surface area contributed by atoms with Gasteiger partial charge in [0.2, 0.25) is 0 Å². The van der Waals surface area contributed by atoms with E-state index >= 15 is 0 Å². The number of carbonyl (C=O) groups is 1. The molecule has 0 unspecified atom stereocenters. The molecule has 1 aliphatic carbocycles. The van der Waals surface area contributed by atoms with Crippen molar-refractivity contribution in [1.82, 2.24) is 15.1 Å². The van der Waals surface area contributed by atoms with Gasteiger partial charge in [-0.15, -0.1) is 0 Å². The highest BCUT2D eigenvalue weighted by molar-refractivity contribution is 5.91. The highest BCUT2D eigenvalue weighted by Gasteiger charge is 2.44. The van der Waals surface area contributed by atoms with E-state index in [0.29, 0.717) is 18.8 Å². The van der Waals surface area contributed by atoms with Crippen LogP contribution in [0.1, 0.15) is 35.9 Å². The van der Waals surface area contributed by atoms with Crippen LogP contribution in [-0.2, 0) is 5.41 Å². The SMILES string of the molecule is CCNC(=NCC1(c2ccccc2)CC1)N1CCN(C(=O)c2ccco2)CC1. The van der Waals surface area contributed by atoms with E-state index in [2.05, 4.69) is 47.5 Å². The summed E-state index contributed by atoms with van der Waals surface area (Å²) in [5.74, 6) is 1.33. The van der Waals surface area contributed by atoms with Crippen LogP contribution in [0.15, 0.2) is 58.1 Å². The van der Waals surface area contributed by atoms with Gasteiger partial charge in [0.15, 0.2) is 11.7 Å². The molecule has 2 aliphatic rings. The van der Waals surface area contributed by atoms with Crippen LogP contribution >= 0.6 is 0 Å². The van der Waals surface area contributed by atoms with E-state index in [-0.39, 0.29) is 11.3 Å². The lowest BCUT2D eigenvalue weighted by Gasteiger charge is -2.36. The standard InChI is InChI=1S/C22H28N4O2/c1-2-23-21(24-17-22(10-11-22)18-7-4-3-5-8-18)26-14-12-25(13-15-26)20(27)19-9-6-16-28-19/h3-9,16H,2,10-15,17H2,1H3,(H,23,24). The van der Waals surface area contributed by atoms with Gasteiger partial charge in [-0.25, -0.2) is 0 Å². The molecule has 1 saturated heterocycles. The number of guanidine groups is 1. The Balaban J connectivity index is 1.39. The number of nitrogens with one attached hydrogen (secondary N) is 1. The average Bonchev–Trinajstić information content (AvgIpc) is 3.34. The molecule has 28 heavy (non-hydrogen) atoms. The van der Waals surface area contributed by atoms with E-state index in [1.54, 1.807) is 18.4 Å². The van der Waals surface area contributed by atoms with Crippen molar-refractivity contribution >= 4 is 11.9 Å². The summed E-state index contributed by atoms with van der Waals surface area (Å²) in [6.07, 6.45) is 3.94. The predicted molar refractivity (Wildman–Crippen MR) is 110 cm³/mol. The number of aliphatic imine (C=N–C) groups is 1. The molecule has 1 saturated carbocycles. The minimum atomic E-state index is -0.0346. The van der Waals surface area contributed by atoms with Crippen LogP contribution in [0.2, 0.25) is 0 Å². The Hall–Kier alpha value is -2.76. The van der Waals surface area contributed by atoms with Crippen LogP contribution in [0.3, 0.4) is 0 Å². The van der Waals surface area contributed by atoms with Gasteiger partial charge >= 0.3 is 0 Å². The zero-order chi connectivity index (χ0) is 19.4. The number of furan rings is 1. The first-order valence-electron chi connectivity index (χ1n) is 10.1. The average molecular weight is 380 g/mol. The third-order valence-corrected chi connectivity index (χ3v) is 5.70. The van der Waals surface area contributed by atoms with E-state index in [1.165, 1.54) is 18.4 Å². The number of benzene rings is 1. The molecular formula is C22H28N4O2. The van der Waals surface area contributed by atoms with Gasteiger partial charge < -0.3 is 19.5 Å². The van der Waals surface area contributed by atoms with Crippen molar-refractivity contribution in [2.24, 2.45) is 4.99 Å². The molecular weight excluding hydrogens is 352 g/mol. The third-order valence-electron chi connectivity index (χ3n) is 5.70. The van der Waals surface area contributed by atoms with Gasteiger partial charge in [0.25, 0.3) is 5.91 Å². The quantitative estimate of drug-likeness (QED) is 0.640. The Kier molecular flexibility index (Phi) is 5.37. The van der Waals surface area contributed by atoms with Crippen LogP contribution < -0.4 is 5.32 Å². The normalized spacial score (nSPS) is 18.8. The molecule has 6 nitrogen and oxygen atoms in total. The number of nitrogens with zero attached hydrogens (tertiary/aromatic N) is 3. The zero-order valence-corrected chi connectivity index (χ0v) is 16.4. The van der Waals surface area contributed by atoms with E-state index in [9.17, 15) is 4.79 Å². The van der Waals surface area contributed by atoms with E-state index in [4.69, 9.17) is 9.41 Å². The Bertz CT molecular complexity index is 804. The maximum Gasteiger partial charge on any atom is 0.289 e. The topological polar surface area (TPSA) is 61.1 Å². The molecule has 6 heteroatoms. The first-order valence-corrected chi connectivity index (χ1v) is 10.1. The summed E-state index contributed by atoms with van der Waals surface area (Å²) < 4.78 is 5.25. The highest BCUT2D eigenvalue weighted by atomic mass is 16.3. The predicted octanol–water partition coefficient (Wildman–Crippen LogP) is 2.73. The fourth-order valence-electron chi connectivity index (χ4n) is 3.81. The van der Waals surface area contributed by atoms with Crippen molar-refractivity contribution in [1.29, 1.82) is 0 Å². The number of carbonyl (C=O) groups excluding carboxylic acids is 1. The van der Waals surface area contributed by atoms with Gasteiger partial charge in [0.1, 0.15) is 0 Å². The molecule has 1 aliphatic heterocycles. The molecule has 1 N–H and O–H groups in total. The molecule has 0 bridgehead atoms. The first-order chi connectivity index (χ1) is 13.7. The van der Waals surface area contributed by atoms with Gasteiger partial charge in [-0.1, -0.05) is 30.3 Å². The molecule has 2 aromatic rings. The van der Waals surface area contributed by atoms with Crippen molar-refractivity contribution in [3.05, 3.63) is 60.1 Å². The molecule has 1 aromatic heterocycles. The number of hydrogen-bond donors (Lipinski definition) is 1. The lowest BCUT2D eigenvalue weighted by molar-refractivity contribution is 0.0657. The number of amides is 1. The second kappa shape index (κ2) is 8.09. The van der Waals surface area contributed by atoms with Crippen molar-refractivity contribution in [2.75, 3.05) is 39.3 Å². The Morgan fingerprint density at radius 1 is 1.07 bits per heavy atom. The van der Waals surface area contributed by atoms with Gasteiger partial charge in [-0.2, -0.15) is 0 Å². The summed E-state index contributed by atoms with van der Waals surface area (Å²) >= 11 is 0. The third kappa shape index (κ3) is 3.91. The minimum absolute atomic E-state index is 0.0346. The monoisotopic (exact) mass is 380 g/mol. The van der Waals surface area contributed by atoms with Crippen LogP contribution in [0.25, 0.3) is 0 Å². The maximum absolute atomic E-state index is 12.5. The first kappa shape index (κ1) is 18.6. The second-order valence-electron chi connectivity index (χ2n) is 7.57. The van der Waals surface area contributed by atoms with E-state index in [1.807, 2.05) is 4.90 Å². The summed E-state index contributed by atoms with van der Waals surface area (Å²) in [7, 11) is 0. The largest absolute Gasteiger partial charge is 0.459 e. The summed E-state index contributed by atoms with van der Waals surface area (Å²) in [6, 6.07) is 14.2. The van der Waals surface area contributed by atoms with Gasteiger partial charge in [0, 0.05) is 38.1 Å². The second-order valence-corrected chi connectivity index (χ2v) is 7.57. The number of rotatable bonds is 5. The van der Waals surface area contributed by atoms with Gasteiger partial charge in [-0.3, -0.25) is 9.79 Å². The van der Waals surface area contributed by atoms with Gasteiger partial charge in [0.05, 0.1) is 12.8 Å². The highest BCUT2D eigenvalue weighted by Crippen LogP contribution is 2.48. The molecule has 0 spiro atoms. The molecule has 0 atom stereocenters. The molecule has 1 amide bonds. The van der Waals surface area contributed by atoms with Crippen LogP contribution in [-0.4, -0.2) is 60.9 Å². The fraction of sp³-hybridized carbons (Fsp3) is 0.455. The van der Waals surface area contributed by atoms with Crippen LogP contribution in [0.4, 0.5) is 0 Å². The Morgan fingerprint density at radius 2 is 1.79 bits per heavy atom. The Morgan fingerprint density at radius 3 is 2.39 bits per heavy atom. The molecule has 148 valence electrons. The van der Waals surface area contributed by atoms with Crippen LogP contribution in [0.5, 0.6) is 0 Å². The Labute approximate surface area is 166 Å². The summed E-state index contributed by atoms with van der Waals surface area (Å²) in [6.45, 7) is 6.64. The molecule has 1 aromatic carbocycles. The minimum Gasteiger partial charge on any atom is -0.459 e. The van der Waals surface area contributed by atoms with E-state index < -0.39 is 0 Å². The molecule has 2 heterocycles. The zero-order valence-electron chi connectivity index (χ0n) is 16.4. The maximum atomic E-state index is 12.5. The van der Waals surface area contributed by atoms with Crippen molar-refractivity contribution in [3.63, 3.8) is 0 Å². The smallest absolute Gasteiger partial charge is 0.289 e. The van der Waals surface area contributed by atoms with Crippen LogP contribution in [0, 0.1) is 0 Å². The number of piperazine rings is 1. The molecule has 4 rings (SSSR count). The molecule has 2 fully saturated rings. The van der Waals surface area contributed by atoms with Crippen molar-refractivity contribution < 1.29 is 9.21 Å². The van der Waals surface area contributed by atoms with Crippen molar-refractivity contribution in [3.8, 4) is 0 Å².